The van der Waals surface area contributed by atoms with Gasteiger partial charge in [-0.3, -0.25) is 4.79 Å². The van der Waals surface area contributed by atoms with Crippen LogP contribution in [0.1, 0.15) is 18.1 Å². The van der Waals surface area contributed by atoms with E-state index in [2.05, 4.69) is 21.2 Å². The van der Waals surface area contributed by atoms with Crippen LogP contribution in [-0.4, -0.2) is 12.5 Å². The number of para-hydroxylation sites is 1. The van der Waals surface area contributed by atoms with Crippen LogP contribution in [-0.2, 0) is 11.4 Å². The second-order valence-corrected chi connectivity index (χ2v) is 8.47. The van der Waals surface area contributed by atoms with E-state index < -0.39 is 5.91 Å². The van der Waals surface area contributed by atoms with Crippen molar-refractivity contribution in [1.29, 1.82) is 5.26 Å². The van der Waals surface area contributed by atoms with Gasteiger partial charge in [0.05, 0.1) is 17.3 Å². The Balaban J connectivity index is 1.85. The molecule has 0 radical (unpaired) electrons. The molecule has 0 saturated carbocycles. The molecule has 1 amide bonds. The molecule has 168 valence electrons. The zero-order chi connectivity index (χ0) is 23.8. The summed E-state index contributed by atoms with van der Waals surface area (Å²) in [6, 6.07) is 19.6. The van der Waals surface area contributed by atoms with Crippen LogP contribution in [0.2, 0.25) is 10.0 Å². The Morgan fingerprint density at radius 1 is 1.09 bits per heavy atom. The largest absolute Gasteiger partial charge is 0.490 e. The molecule has 3 aromatic carbocycles. The molecule has 3 rings (SSSR count). The number of nitrogens with one attached hydrogen (secondary N) is 1. The first-order valence-corrected chi connectivity index (χ1v) is 11.5. The van der Waals surface area contributed by atoms with Gasteiger partial charge in [-0.05, 0) is 60.5 Å². The summed E-state index contributed by atoms with van der Waals surface area (Å²) >= 11 is 15.5. The van der Waals surface area contributed by atoms with Gasteiger partial charge in [0.15, 0.2) is 11.5 Å². The number of carbonyl (C=O) groups is 1. The van der Waals surface area contributed by atoms with Crippen molar-refractivity contribution in [1.82, 2.24) is 0 Å². The van der Waals surface area contributed by atoms with Crippen molar-refractivity contribution in [2.75, 3.05) is 11.9 Å². The van der Waals surface area contributed by atoms with Crippen LogP contribution in [0.5, 0.6) is 11.5 Å². The molecule has 0 fully saturated rings. The quantitative estimate of drug-likeness (QED) is 0.238. The van der Waals surface area contributed by atoms with Crippen molar-refractivity contribution in [3.63, 3.8) is 0 Å². The average Bonchev–Trinajstić information content (AvgIpc) is 2.80. The van der Waals surface area contributed by atoms with E-state index >= 15 is 0 Å². The van der Waals surface area contributed by atoms with Crippen molar-refractivity contribution < 1.29 is 14.3 Å². The predicted molar refractivity (Wildman–Crippen MR) is 135 cm³/mol. The summed E-state index contributed by atoms with van der Waals surface area (Å²) in [7, 11) is 0. The van der Waals surface area contributed by atoms with E-state index in [1.165, 1.54) is 6.08 Å². The molecule has 0 saturated heterocycles. The first-order chi connectivity index (χ1) is 15.9. The monoisotopic (exact) mass is 544 g/mol. The summed E-state index contributed by atoms with van der Waals surface area (Å²) in [5.41, 5.74) is 1.87. The fraction of sp³-hybridized carbons (Fsp3) is 0.120. The Morgan fingerprint density at radius 3 is 2.45 bits per heavy atom. The van der Waals surface area contributed by atoms with Crippen molar-refractivity contribution in [2.24, 2.45) is 0 Å². The predicted octanol–water partition coefficient (Wildman–Crippen LogP) is 7.28. The Labute approximate surface area is 210 Å². The average molecular weight is 546 g/mol. The fourth-order valence-electron chi connectivity index (χ4n) is 2.84. The minimum atomic E-state index is -0.571. The van der Waals surface area contributed by atoms with Gasteiger partial charge in [-0.15, -0.1) is 0 Å². The second kappa shape index (κ2) is 11.8. The maximum absolute atomic E-state index is 12.6. The third-order valence-electron chi connectivity index (χ3n) is 4.46. The minimum absolute atomic E-state index is 0.0899. The molecule has 0 aromatic heterocycles. The van der Waals surface area contributed by atoms with Crippen molar-refractivity contribution in [3.8, 4) is 17.6 Å². The van der Waals surface area contributed by atoms with E-state index in [0.717, 1.165) is 5.56 Å². The Morgan fingerprint density at radius 2 is 1.79 bits per heavy atom. The summed E-state index contributed by atoms with van der Waals surface area (Å²) in [6.07, 6.45) is 1.47. The molecular formula is C25H19BrCl2N2O3. The molecule has 0 heterocycles. The highest BCUT2D eigenvalue weighted by molar-refractivity contribution is 9.10. The Hall–Kier alpha value is -2.98. The number of carbonyl (C=O) groups excluding carboxylic acids is 1. The first-order valence-electron chi connectivity index (χ1n) is 9.92. The number of hydrogen-bond donors (Lipinski definition) is 1. The molecular weight excluding hydrogens is 527 g/mol. The summed E-state index contributed by atoms with van der Waals surface area (Å²) in [4.78, 5) is 12.6. The molecule has 5 nitrogen and oxygen atoms in total. The van der Waals surface area contributed by atoms with Gasteiger partial charge in [0.2, 0.25) is 0 Å². The zero-order valence-electron chi connectivity index (χ0n) is 17.6. The molecule has 1 N–H and O–H groups in total. The fourth-order valence-corrected chi connectivity index (χ4v) is 3.59. The molecule has 0 aliphatic rings. The van der Waals surface area contributed by atoms with Crippen molar-refractivity contribution >= 4 is 56.8 Å². The number of hydrogen-bond acceptors (Lipinski definition) is 4. The van der Waals surface area contributed by atoms with E-state index in [-0.39, 0.29) is 5.57 Å². The highest BCUT2D eigenvalue weighted by Gasteiger charge is 2.15. The van der Waals surface area contributed by atoms with Gasteiger partial charge in [0.25, 0.3) is 5.91 Å². The number of ether oxygens (including phenoxy) is 2. The lowest BCUT2D eigenvalue weighted by Gasteiger charge is -2.14. The van der Waals surface area contributed by atoms with Crippen LogP contribution in [0.15, 0.2) is 70.7 Å². The zero-order valence-corrected chi connectivity index (χ0v) is 20.7. The normalized spacial score (nSPS) is 10.9. The summed E-state index contributed by atoms with van der Waals surface area (Å²) in [5.74, 6) is 0.443. The highest BCUT2D eigenvalue weighted by atomic mass is 79.9. The van der Waals surface area contributed by atoms with Gasteiger partial charge in [-0.2, -0.15) is 5.26 Å². The summed E-state index contributed by atoms with van der Waals surface area (Å²) in [5, 5.41) is 13.2. The Bertz CT molecular complexity index is 1220. The lowest BCUT2D eigenvalue weighted by Crippen LogP contribution is -2.13. The molecule has 0 spiro atoms. The molecule has 0 aliphatic carbocycles. The van der Waals surface area contributed by atoms with Crippen LogP contribution in [0.25, 0.3) is 6.08 Å². The standard InChI is InChI=1S/C25H19BrCl2N2O3/c1-2-32-23-12-17(11-18(14-29)25(31)30-22-6-4-3-5-21(22)28)20(26)13-24(23)33-15-16-7-9-19(27)10-8-16/h3-13H,2,15H2,1H3,(H,30,31)/b18-11+. The summed E-state index contributed by atoms with van der Waals surface area (Å²) in [6.45, 7) is 2.60. The van der Waals surface area contributed by atoms with Crippen LogP contribution >= 0.6 is 39.1 Å². The first kappa shape index (κ1) is 24.7. The van der Waals surface area contributed by atoms with E-state index in [4.69, 9.17) is 32.7 Å². The van der Waals surface area contributed by atoms with Crippen LogP contribution in [0.3, 0.4) is 0 Å². The molecule has 0 bridgehead atoms. The van der Waals surface area contributed by atoms with Crippen molar-refractivity contribution in [2.45, 2.75) is 13.5 Å². The van der Waals surface area contributed by atoms with E-state index in [0.29, 0.717) is 50.5 Å². The van der Waals surface area contributed by atoms with Crippen LogP contribution in [0.4, 0.5) is 5.69 Å². The van der Waals surface area contributed by atoms with E-state index in [9.17, 15) is 10.1 Å². The SMILES string of the molecule is CCOc1cc(/C=C(\C#N)C(=O)Nc2ccccc2Cl)c(Br)cc1OCc1ccc(Cl)cc1. The molecule has 33 heavy (non-hydrogen) atoms. The van der Waals surface area contributed by atoms with Gasteiger partial charge in [-0.1, -0.05) is 63.4 Å². The molecule has 0 aliphatic heterocycles. The van der Waals surface area contributed by atoms with E-state index in [1.807, 2.05) is 25.1 Å². The molecule has 3 aromatic rings. The summed E-state index contributed by atoms with van der Waals surface area (Å²) < 4.78 is 12.3. The van der Waals surface area contributed by atoms with Gasteiger partial charge < -0.3 is 14.8 Å². The van der Waals surface area contributed by atoms with Crippen LogP contribution in [0, 0.1) is 11.3 Å². The second-order valence-electron chi connectivity index (χ2n) is 6.77. The van der Waals surface area contributed by atoms with Gasteiger partial charge in [-0.25, -0.2) is 0 Å². The Kier molecular flexibility index (Phi) is 8.79. The molecule has 0 unspecified atom stereocenters. The van der Waals surface area contributed by atoms with Gasteiger partial charge in [0.1, 0.15) is 18.2 Å². The number of halogens is 3. The minimum Gasteiger partial charge on any atom is -0.490 e. The number of nitriles is 1. The lowest BCUT2D eigenvalue weighted by atomic mass is 10.1. The number of benzene rings is 3. The topological polar surface area (TPSA) is 71.3 Å². The van der Waals surface area contributed by atoms with E-state index in [1.54, 1.807) is 48.5 Å². The number of amides is 1. The highest BCUT2D eigenvalue weighted by Crippen LogP contribution is 2.35. The van der Waals surface area contributed by atoms with Gasteiger partial charge >= 0.3 is 0 Å². The van der Waals surface area contributed by atoms with Crippen molar-refractivity contribution in [3.05, 3.63) is 91.9 Å². The van der Waals surface area contributed by atoms with Gasteiger partial charge in [0, 0.05) is 9.50 Å². The maximum atomic E-state index is 12.6. The third kappa shape index (κ3) is 6.75. The molecule has 8 heteroatoms. The smallest absolute Gasteiger partial charge is 0.266 e. The number of rotatable bonds is 8. The molecule has 0 atom stereocenters. The lowest BCUT2D eigenvalue weighted by molar-refractivity contribution is -0.112. The third-order valence-corrected chi connectivity index (χ3v) is 5.73. The van der Waals surface area contributed by atoms with Crippen LogP contribution < -0.4 is 14.8 Å². The number of anilines is 1. The number of nitrogens with zero attached hydrogens (tertiary/aromatic N) is 1. The maximum Gasteiger partial charge on any atom is 0.266 e.